The van der Waals surface area contributed by atoms with E-state index in [1.165, 1.54) is 75.4 Å². The fourth-order valence-electron chi connectivity index (χ4n) is 2.76. The van der Waals surface area contributed by atoms with Gasteiger partial charge < -0.3 is 8.37 Å². The SMILES string of the molecule is CCS(=O)(=O)Cc1cc(/C=C/C(=O)/C=C/c2cccc(OS(=O)(=O)CC)c2)cc(OS(=O)(=O)CC)c1. The Labute approximate surface area is 212 Å². The molecule has 0 fully saturated rings. The topological polar surface area (TPSA) is 138 Å². The van der Waals surface area contributed by atoms with Crippen molar-refractivity contribution in [3.63, 3.8) is 0 Å². The Bertz CT molecular complexity index is 1410. The second-order valence-electron chi connectivity index (χ2n) is 7.59. The zero-order valence-electron chi connectivity index (χ0n) is 20.1. The highest BCUT2D eigenvalue weighted by molar-refractivity contribution is 7.90. The molecule has 0 aliphatic heterocycles. The molecular weight excluding hydrogens is 528 g/mol. The van der Waals surface area contributed by atoms with Gasteiger partial charge in [-0.2, -0.15) is 16.8 Å². The van der Waals surface area contributed by atoms with E-state index in [2.05, 4.69) is 0 Å². The van der Waals surface area contributed by atoms with Gasteiger partial charge in [0.2, 0.25) is 0 Å². The highest BCUT2D eigenvalue weighted by Crippen LogP contribution is 2.22. The van der Waals surface area contributed by atoms with Crippen molar-refractivity contribution in [2.24, 2.45) is 0 Å². The Kier molecular flexibility index (Phi) is 10.0. The smallest absolute Gasteiger partial charge is 0.308 e. The largest absolute Gasteiger partial charge is 0.382 e. The van der Waals surface area contributed by atoms with Crippen molar-refractivity contribution < 1.29 is 38.4 Å². The first-order chi connectivity index (χ1) is 16.8. The molecule has 2 aromatic rings. The number of carbonyl (C=O) groups excluding carboxylic acids is 1. The average molecular weight is 557 g/mol. The number of ketones is 1. The Balaban J connectivity index is 2.26. The van der Waals surface area contributed by atoms with Crippen LogP contribution in [0.4, 0.5) is 0 Å². The minimum absolute atomic E-state index is 0.0536. The average Bonchev–Trinajstić information content (AvgIpc) is 2.80. The maximum atomic E-state index is 12.3. The molecule has 0 aromatic heterocycles. The van der Waals surface area contributed by atoms with Crippen molar-refractivity contribution in [1.82, 2.24) is 0 Å². The highest BCUT2D eigenvalue weighted by atomic mass is 32.2. The Morgan fingerprint density at radius 1 is 0.722 bits per heavy atom. The number of sulfone groups is 1. The van der Waals surface area contributed by atoms with Gasteiger partial charge in [-0.15, -0.1) is 0 Å². The number of allylic oxidation sites excluding steroid dienone is 2. The normalized spacial score (nSPS) is 12.8. The highest BCUT2D eigenvalue weighted by Gasteiger charge is 2.14. The van der Waals surface area contributed by atoms with E-state index in [1.807, 2.05) is 0 Å². The van der Waals surface area contributed by atoms with E-state index in [0.29, 0.717) is 16.7 Å². The summed E-state index contributed by atoms with van der Waals surface area (Å²) in [5.74, 6) is -1.20. The van der Waals surface area contributed by atoms with Crippen molar-refractivity contribution in [2.45, 2.75) is 26.5 Å². The van der Waals surface area contributed by atoms with Gasteiger partial charge >= 0.3 is 20.2 Å². The number of rotatable bonds is 13. The third-order valence-corrected chi connectivity index (χ3v) is 8.67. The lowest BCUT2D eigenvalue weighted by Crippen LogP contribution is -2.12. The first kappa shape index (κ1) is 29.3. The predicted octanol–water partition coefficient (Wildman–Crippen LogP) is 3.37. The van der Waals surface area contributed by atoms with Crippen LogP contribution in [0.5, 0.6) is 11.5 Å². The van der Waals surface area contributed by atoms with Crippen LogP contribution in [0.15, 0.2) is 54.6 Å². The molecule has 0 spiro atoms. The standard InChI is InChI=1S/C24H28O9S3/c1-4-34(26,27)18-21-14-20(16-24(17-21)33-36(30,31)6-3)11-13-22(25)12-10-19-8-7-9-23(15-19)32-35(28,29)5-2/h7-17H,4-6,18H2,1-3H3/b12-10+,13-11+. The van der Waals surface area contributed by atoms with Crippen molar-refractivity contribution in [1.29, 1.82) is 0 Å². The van der Waals surface area contributed by atoms with Gasteiger partial charge in [0.15, 0.2) is 15.6 Å². The summed E-state index contributed by atoms with van der Waals surface area (Å²) in [6.45, 7) is 4.38. The molecule has 0 bridgehead atoms. The predicted molar refractivity (Wildman–Crippen MR) is 139 cm³/mol. The summed E-state index contributed by atoms with van der Waals surface area (Å²) in [6, 6.07) is 10.5. The molecule has 0 aliphatic rings. The number of hydrogen-bond donors (Lipinski definition) is 0. The van der Waals surface area contributed by atoms with Crippen LogP contribution in [0, 0.1) is 0 Å². The Hall–Kier alpha value is -2.96. The van der Waals surface area contributed by atoms with Gasteiger partial charge in [-0.25, -0.2) is 8.42 Å². The van der Waals surface area contributed by atoms with Gasteiger partial charge in [0.1, 0.15) is 11.5 Å². The molecule has 0 saturated heterocycles. The molecule has 2 rings (SSSR count). The van der Waals surface area contributed by atoms with Gasteiger partial charge in [0, 0.05) is 5.75 Å². The number of hydrogen-bond acceptors (Lipinski definition) is 9. The van der Waals surface area contributed by atoms with Gasteiger partial charge in [-0.05, 0) is 67.0 Å². The van der Waals surface area contributed by atoms with E-state index >= 15 is 0 Å². The van der Waals surface area contributed by atoms with Crippen LogP contribution in [0.3, 0.4) is 0 Å². The monoisotopic (exact) mass is 556 g/mol. The molecule has 0 radical (unpaired) electrons. The van der Waals surface area contributed by atoms with Gasteiger partial charge in [-0.1, -0.05) is 37.3 Å². The zero-order chi connectivity index (χ0) is 27.0. The summed E-state index contributed by atoms with van der Waals surface area (Å²) in [4.78, 5) is 12.3. The van der Waals surface area contributed by atoms with Crippen LogP contribution in [0.1, 0.15) is 37.5 Å². The van der Waals surface area contributed by atoms with Crippen molar-refractivity contribution in [3.05, 3.63) is 71.3 Å². The Morgan fingerprint density at radius 3 is 1.86 bits per heavy atom. The summed E-state index contributed by atoms with van der Waals surface area (Å²) in [5.41, 5.74) is 1.23. The molecule has 36 heavy (non-hydrogen) atoms. The van der Waals surface area contributed by atoms with E-state index in [0.717, 1.165) is 0 Å². The van der Waals surface area contributed by atoms with Crippen LogP contribution < -0.4 is 8.37 Å². The first-order valence-corrected chi connectivity index (χ1v) is 15.9. The van der Waals surface area contributed by atoms with Crippen LogP contribution >= 0.6 is 0 Å². The van der Waals surface area contributed by atoms with E-state index in [1.54, 1.807) is 12.1 Å². The van der Waals surface area contributed by atoms with Gasteiger partial charge in [-0.3, -0.25) is 4.79 Å². The molecule has 0 heterocycles. The van der Waals surface area contributed by atoms with E-state index in [4.69, 9.17) is 8.37 Å². The quantitative estimate of drug-likeness (QED) is 0.268. The molecule has 0 unspecified atom stereocenters. The lowest BCUT2D eigenvalue weighted by atomic mass is 10.1. The molecule has 196 valence electrons. The first-order valence-electron chi connectivity index (χ1n) is 11.0. The zero-order valence-corrected chi connectivity index (χ0v) is 22.5. The van der Waals surface area contributed by atoms with Gasteiger partial charge in [0.25, 0.3) is 0 Å². The van der Waals surface area contributed by atoms with Crippen LogP contribution in [-0.4, -0.2) is 48.3 Å². The molecule has 0 aliphatic carbocycles. The number of benzene rings is 2. The second kappa shape index (κ2) is 12.3. The number of carbonyl (C=O) groups is 1. The fraction of sp³-hybridized carbons (Fsp3) is 0.292. The lowest BCUT2D eigenvalue weighted by Gasteiger charge is -2.09. The molecule has 0 saturated carbocycles. The van der Waals surface area contributed by atoms with E-state index < -0.39 is 35.9 Å². The van der Waals surface area contributed by atoms with E-state index in [9.17, 15) is 30.0 Å². The molecule has 0 amide bonds. The molecule has 9 nitrogen and oxygen atoms in total. The van der Waals surface area contributed by atoms with E-state index in [-0.39, 0.29) is 34.5 Å². The van der Waals surface area contributed by atoms with Crippen molar-refractivity contribution >= 4 is 48.0 Å². The second-order valence-corrected chi connectivity index (χ2v) is 13.7. The molecular formula is C24H28O9S3. The summed E-state index contributed by atoms with van der Waals surface area (Å²) >= 11 is 0. The molecule has 0 N–H and O–H groups in total. The fourth-order valence-corrected chi connectivity index (χ4v) is 4.66. The van der Waals surface area contributed by atoms with Gasteiger partial charge in [0.05, 0.1) is 17.3 Å². The minimum Gasteiger partial charge on any atom is -0.382 e. The maximum Gasteiger partial charge on any atom is 0.308 e. The van der Waals surface area contributed by atoms with Crippen molar-refractivity contribution in [2.75, 3.05) is 17.3 Å². The summed E-state index contributed by atoms with van der Waals surface area (Å²) in [5, 5.41) is 0. The maximum absolute atomic E-state index is 12.3. The third-order valence-electron chi connectivity index (χ3n) is 4.71. The summed E-state index contributed by atoms with van der Waals surface area (Å²) < 4.78 is 81.1. The summed E-state index contributed by atoms with van der Waals surface area (Å²) in [6.07, 6.45) is 5.37. The molecule has 2 aromatic carbocycles. The van der Waals surface area contributed by atoms with Crippen LogP contribution in [0.25, 0.3) is 12.2 Å². The molecule has 0 atom stereocenters. The third kappa shape index (κ3) is 9.96. The van der Waals surface area contributed by atoms with Crippen molar-refractivity contribution in [3.8, 4) is 11.5 Å². The van der Waals surface area contributed by atoms with Crippen LogP contribution in [-0.2, 0) is 40.6 Å². The Morgan fingerprint density at radius 2 is 1.28 bits per heavy atom. The van der Waals surface area contributed by atoms with Crippen LogP contribution in [0.2, 0.25) is 0 Å². The molecule has 12 heteroatoms. The summed E-state index contributed by atoms with van der Waals surface area (Å²) in [7, 11) is -10.9. The lowest BCUT2D eigenvalue weighted by molar-refractivity contribution is -0.110. The minimum atomic E-state index is -3.84.